The van der Waals surface area contributed by atoms with E-state index in [0.29, 0.717) is 39.1 Å². The molecular formula is C14H4Cl10Hg. The molecule has 0 radical (unpaired) electrons. The van der Waals surface area contributed by atoms with E-state index in [9.17, 15) is 0 Å². The van der Waals surface area contributed by atoms with Gasteiger partial charge in [0.1, 0.15) is 0 Å². The van der Waals surface area contributed by atoms with Crippen LogP contribution in [-0.2, 0) is 32.4 Å². The van der Waals surface area contributed by atoms with Gasteiger partial charge in [0.25, 0.3) is 0 Å². The molecule has 0 fully saturated rings. The van der Waals surface area contributed by atoms with Crippen molar-refractivity contribution in [1.82, 2.24) is 0 Å². The summed E-state index contributed by atoms with van der Waals surface area (Å²) in [6.45, 7) is 0. The fourth-order valence-electron chi connectivity index (χ4n) is 2.18. The Bertz CT molecular complexity index is 721. The fourth-order valence-corrected chi connectivity index (χ4v) is 14.7. The monoisotopic (exact) mass is 724 g/mol. The van der Waals surface area contributed by atoms with Gasteiger partial charge >= 0.3 is 210 Å². The Kier molecular flexibility index (Phi) is 9.28. The zero-order chi connectivity index (χ0) is 19.0. The molecule has 0 nitrogen and oxygen atoms in total. The van der Waals surface area contributed by atoms with Gasteiger partial charge in [0.2, 0.25) is 0 Å². The van der Waals surface area contributed by atoms with Crippen molar-refractivity contribution in [1.29, 1.82) is 0 Å². The molecule has 0 heterocycles. The van der Waals surface area contributed by atoms with Gasteiger partial charge in [-0.25, -0.2) is 0 Å². The summed E-state index contributed by atoms with van der Waals surface area (Å²) in [6, 6.07) is 0. The Morgan fingerprint density at radius 3 is 0.800 bits per heavy atom. The maximum atomic E-state index is 6.26. The van der Waals surface area contributed by atoms with Crippen LogP contribution in [0.1, 0.15) is 11.1 Å². The average Bonchev–Trinajstić information content (AvgIpc) is 2.60. The van der Waals surface area contributed by atoms with Crippen molar-refractivity contribution in [3.05, 3.63) is 61.4 Å². The third kappa shape index (κ3) is 4.89. The molecule has 132 valence electrons. The molecular weight excluding hydrogens is 723 g/mol. The van der Waals surface area contributed by atoms with Crippen LogP contribution in [0.15, 0.2) is 0 Å². The third-order valence-electron chi connectivity index (χ3n) is 3.45. The summed E-state index contributed by atoms with van der Waals surface area (Å²) in [6.07, 6.45) is 0. The van der Waals surface area contributed by atoms with Crippen molar-refractivity contribution >= 4 is 116 Å². The van der Waals surface area contributed by atoms with Gasteiger partial charge in [0.15, 0.2) is 0 Å². The van der Waals surface area contributed by atoms with Gasteiger partial charge in [-0.05, 0) is 0 Å². The average molecular weight is 727 g/mol. The predicted molar refractivity (Wildman–Crippen MR) is 110 cm³/mol. The molecule has 25 heavy (non-hydrogen) atoms. The molecule has 2 aromatic rings. The maximum absolute atomic E-state index is 6.26. The van der Waals surface area contributed by atoms with Crippen LogP contribution in [0.3, 0.4) is 0 Å². The molecule has 0 aliphatic rings. The molecule has 0 aliphatic heterocycles. The summed E-state index contributed by atoms with van der Waals surface area (Å²) in [5.74, 6) is 0. The van der Waals surface area contributed by atoms with Crippen LogP contribution in [0.2, 0.25) is 50.2 Å². The standard InChI is InChI=1S/2C7H2Cl5.Hg/c2*1-2-3(8)5(10)7(12)6(11)4(2)9;/h2*1H2;. The number of hydrogen-bond donors (Lipinski definition) is 0. The number of rotatable bonds is 4. The first-order valence-electron chi connectivity index (χ1n) is 6.60. The van der Waals surface area contributed by atoms with E-state index in [0.717, 1.165) is 0 Å². The van der Waals surface area contributed by atoms with E-state index in [-0.39, 0.29) is 30.1 Å². The minimum atomic E-state index is -1.65. The van der Waals surface area contributed by atoms with E-state index in [2.05, 4.69) is 0 Å². The molecule has 11 heteroatoms. The summed E-state index contributed by atoms with van der Waals surface area (Å²) < 4.78 is 1.36. The SMILES string of the molecule is Clc1c(Cl)c(Cl)c([CH2][Hg][CH2]c2c(Cl)c(Cl)c(Cl)c(Cl)c2Cl)c(Cl)c1Cl. The summed E-state index contributed by atoms with van der Waals surface area (Å²) >= 11 is 59.7. The van der Waals surface area contributed by atoms with E-state index in [4.69, 9.17) is 116 Å². The Hall–Kier alpha value is 2.28. The Labute approximate surface area is 207 Å². The first-order valence-corrected chi connectivity index (χ1v) is 18.2. The Morgan fingerprint density at radius 1 is 0.360 bits per heavy atom. The third-order valence-corrected chi connectivity index (χ3v) is 14.8. The molecule has 0 unspecified atom stereocenters. The second-order valence-electron chi connectivity index (χ2n) is 4.95. The van der Waals surface area contributed by atoms with Crippen LogP contribution in [0.5, 0.6) is 0 Å². The van der Waals surface area contributed by atoms with Crippen LogP contribution >= 0.6 is 116 Å². The minimum absolute atomic E-state index is 0.140. The second-order valence-corrected chi connectivity index (χ2v) is 15.4. The molecule has 0 aromatic heterocycles. The van der Waals surface area contributed by atoms with Gasteiger partial charge in [0.05, 0.1) is 0 Å². The molecule has 0 saturated carbocycles. The first kappa shape index (κ1) is 23.6. The molecule has 0 amide bonds. The second kappa shape index (κ2) is 9.85. The first-order chi connectivity index (χ1) is 11.6. The quantitative estimate of drug-likeness (QED) is 0.167. The van der Waals surface area contributed by atoms with E-state index in [1.54, 1.807) is 0 Å². The van der Waals surface area contributed by atoms with E-state index in [1.165, 1.54) is 0 Å². The van der Waals surface area contributed by atoms with Gasteiger partial charge in [0, 0.05) is 0 Å². The van der Waals surface area contributed by atoms with Gasteiger partial charge in [-0.1, -0.05) is 0 Å². The molecule has 0 aliphatic carbocycles. The number of benzene rings is 2. The summed E-state index contributed by atoms with van der Waals surface area (Å²) in [7, 11) is 0. The van der Waals surface area contributed by atoms with Crippen LogP contribution < -0.4 is 0 Å². The normalized spacial score (nSPS) is 11.0. The number of hydrogen-bond acceptors (Lipinski definition) is 0. The van der Waals surface area contributed by atoms with Gasteiger partial charge < -0.3 is 0 Å². The molecule has 0 atom stereocenters. The topological polar surface area (TPSA) is 0 Å². The van der Waals surface area contributed by atoms with E-state index in [1.807, 2.05) is 0 Å². The van der Waals surface area contributed by atoms with E-state index < -0.39 is 24.6 Å². The van der Waals surface area contributed by atoms with E-state index >= 15 is 0 Å². The van der Waals surface area contributed by atoms with Crippen LogP contribution in [0.4, 0.5) is 0 Å². The van der Waals surface area contributed by atoms with Crippen molar-refractivity contribution in [3.8, 4) is 0 Å². The van der Waals surface area contributed by atoms with Gasteiger partial charge in [-0.15, -0.1) is 0 Å². The zero-order valence-corrected chi connectivity index (χ0v) is 25.0. The molecule has 0 bridgehead atoms. The molecule has 0 spiro atoms. The van der Waals surface area contributed by atoms with Crippen LogP contribution in [0.25, 0.3) is 0 Å². The zero-order valence-electron chi connectivity index (χ0n) is 11.9. The van der Waals surface area contributed by atoms with Crippen LogP contribution in [-0.4, -0.2) is 0 Å². The summed E-state index contributed by atoms with van der Waals surface area (Å²) in [4.78, 5) is 0. The molecule has 2 rings (SSSR count). The summed E-state index contributed by atoms with van der Waals surface area (Å²) in [5.41, 5.74) is 1.37. The predicted octanol–water partition coefficient (Wildman–Crippen LogP) is 10.0. The van der Waals surface area contributed by atoms with Crippen LogP contribution in [0, 0.1) is 0 Å². The summed E-state index contributed by atoms with van der Waals surface area (Å²) in [5, 5.41) is 2.28. The molecule has 2 aromatic carbocycles. The number of halogens is 10. The fraction of sp³-hybridized carbons (Fsp3) is 0.143. The van der Waals surface area contributed by atoms with Gasteiger partial charge in [-0.2, -0.15) is 0 Å². The Morgan fingerprint density at radius 2 is 0.560 bits per heavy atom. The van der Waals surface area contributed by atoms with Crippen molar-refractivity contribution in [2.45, 2.75) is 7.86 Å². The van der Waals surface area contributed by atoms with Crippen molar-refractivity contribution < 1.29 is 24.6 Å². The molecule has 0 saturated heterocycles. The van der Waals surface area contributed by atoms with Crippen molar-refractivity contribution in [2.24, 2.45) is 0 Å². The van der Waals surface area contributed by atoms with Crippen molar-refractivity contribution in [2.75, 3.05) is 0 Å². The van der Waals surface area contributed by atoms with Gasteiger partial charge in [-0.3, -0.25) is 0 Å². The Balaban J connectivity index is 2.29. The molecule has 0 N–H and O–H groups in total. The van der Waals surface area contributed by atoms with Crippen molar-refractivity contribution in [3.63, 3.8) is 0 Å².